The van der Waals surface area contributed by atoms with Gasteiger partial charge in [0.2, 0.25) is 0 Å². The highest BCUT2D eigenvalue weighted by atomic mass is 16.5. The van der Waals surface area contributed by atoms with Crippen molar-refractivity contribution in [2.24, 2.45) is 0 Å². The Morgan fingerprint density at radius 1 is 1.05 bits per heavy atom. The van der Waals surface area contributed by atoms with Gasteiger partial charge in [0.1, 0.15) is 17.2 Å². The zero-order valence-corrected chi connectivity index (χ0v) is 11.5. The highest BCUT2D eigenvalue weighted by Gasteiger charge is 2.06. The van der Waals surface area contributed by atoms with Gasteiger partial charge in [-0.1, -0.05) is 24.0 Å². The van der Waals surface area contributed by atoms with E-state index in [4.69, 9.17) is 9.47 Å². The van der Waals surface area contributed by atoms with Crippen LogP contribution in [0.5, 0.6) is 17.2 Å². The summed E-state index contributed by atoms with van der Waals surface area (Å²) in [7, 11) is 3.20. The van der Waals surface area contributed by atoms with E-state index in [-0.39, 0.29) is 5.75 Å². The Morgan fingerprint density at radius 2 is 1.85 bits per heavy atom. The SMILES string of the molecule is COc1cccc(C#CCc2c(O)cccc2OC)c1. The van der Waals surface area contributed by atoms with Crippen LogP contribution in [-0.2, 0) is 6.42 Å². The fourth-order valence-electron chi connectivity index (χ4n) is 1.86. The first-order chi connectivity index (χ1) is 9.74. The van der Waals surface area contributed by atoms with E-state index in [9.17, 15) is 5.11 Å². The first-order valence-electron chi connectivity index (χ1n) is 6.22. The molecule has 0 aliphatic carbocycles. The summed E-state index contributed by atoms with van der Waals surface area (Å²) in [6, 6.07) is 12.7. The predicted molar refractivity (Wildman–Crippen MR) is 78.2 cm³/mol. The molecule has 0 radical (unpaired) electrons. The van der Waals surface area contributed by atoms with E-state index in [1.807, 2.05) is 30.3 Å². The standard InChI is InChI=1S/C17H16O3/c1-19-14-8-3-6-13(12-14)7-4-9-15-16(18)10-5-11-17(15)20-2/h3,5-6,8,10-12,18H,9H2,1-2H3. The van der Waals surface area contributed by atoms with Crippen molar-refractivity contribution in [3.8, 4) is 29.1 Å². The molecular formula is C17H16O3. The molecule has 3 heteroatoms. The lowest BCUT2D eigenvalue weighted by atomic mass is 10.1. The first-order valence-corrected chi connectivity index (χ1v) is 6.22. The summed E-state index contributed by atoms with van der Waals surface area (Å²) in [6.45, 7) is 0. The third kappa shape index (κ3) is 3.24. The number of phenolic OH excluding ortho intramolecular Hbond substituents is 1. The lowest BCUT2D eigenvalue weighted by Gasteiger charge is -2.07. The topological polar surface area (TPSA) is 38.7 Å². The lowest BCUT2D eigenvalue weighted by Crippen LogP contribution is -1.91. The Balaban J connectivity index is 2.19. The monoisotopic (exact) mass is 268 g/mol. The fraction of sp³-hybridized carbons (Fsp3) is 0.176. The van der Waals surface area contributed by atoms with Crippen molar-refractivity contribution in [2.45, 2.75) is 6.42 Å². The quantitative estimate of drug-likeness (QED) is 0.870. The van der Waals surface area contributed by atoms with Crippen LogP contribution in [-0.4, -0.2) is 19.3 Å². The molecule has 0 spiro atoms. The van der Waals surface area contributed by atoms with E-state index >= 15 is 0 Å². The molecule has 3 nitrogen and oxygen atoms in total. The number of aromatic hydroxyl groups is 1. The second kappa shape index (κ2) is 6.53. The Hall–Kier alpha value is -2.60. The molecule has 0 bridgehead atoms. The molecule has 0 aliphatic heterocycles. The van der Waals surface area contributed by atoms with Crippen LogP contribution >= 0.6 is 0 Å². The third-order valence-electron chi connectivity index (χ3n) is 2.90. The van der Waals surface area contributed by atoms with Gasteiger partial charge >= 0.3 is 0 Å². The fourth-order valence-corrected chi connectivity index (χ4v) is 1.86. The number of benzene rings is 2. The van der Waals surface area contributed by atoms with E-state index in [0.717, 1.165) is 11.3 Å². The number of hydrogen-bond donors (Lipinski definition) is 1. The molecule has 1 N–H and O–H groups in total. The first kappa shape index (κ1) is 13.8. The van der Waals surface area contributed by atoms with Crippen molar-refractivity contribution in [2.75, 3.05) is 14.2 Å². The minimum absolute atomic E-state index is 0.198. The summed E-state index contributed by atoms with van der Waals surface area (Å²) in [6.07, 6.45) is 0.424. The van der Waals surface area contributed by atoms with Gasteiger partial charge in [0.15, 0.2) is 0 Å². The molecule has 0 aliphatic rings. The highest BCUT2D eigenvalue weighted by molar-refractivity contribution is 5.47. The second-order valence-electron chi connectivity index (χ2n) is 4.17. The molecule has 0 atom stereocenters. The second-order valence-corrected chi connectivity index (χ2v) is 4.17. The molecule has 2 aromatic rings. The summed E-state index contributed by atoms with van der Waals surface area (Å²) in [4.78, 5) is 0. The van der Waals surface area contributed by atoms with Gasteiger partial charge in [-0.2, -0.15) is 0 Å². The van der Waals surface area contributed by atoms with Crippen LogP contribution in [0, 0.1) is 11.8 Å². The molecule has 2 rings (SSSR count). The van der Waals surface area contributed by atoms with Crippen molar-refractivity contribution in [1.29, 1.82) is 0 Å². The van der Waals surface area contributed by atoms with E-state index in [2.05, 4.69) is 11.8 Å². The van der Waals surface area contributed by atoms with Crippen molar-refractivity contribution >= 4 is 0 Å². The molecule has 20 heavy (non-hydrogen) atoms. The zero-order chi connectivity index (χ0) is 14.4. The Morgan fingerprint density at radius 3 is 2.60 bits per heavy atom. The number of hydrogen-bond acceptors (Lipinski definition) is 3. The van der Waals surface area contributed by atoms with Crippen LogP contribution < -0.4 is 9.47 Å². The van der Waals surface area contributed by atoms with Gasteiger partial charge in [-0.15, -0.1) is 0 Å². The van der Waals surface area contributed by atoms with Crippen molar-refractivity contribution in [3.63, 3.8) is 0 Å². The van der Waals surface area contributed by atoms with E-state index in [1.54, 1.807) is 26.4 Å². The average molecular weight is 268 g/mol. The van der Waals surface area contributed by atoms with Gasteiger partial charge in [0.05, 0.1) is 14.2 Å². The third-order valence-corrected chi connectivity index (χ3v) is 2.90. The number of ether oxygens (including phenoxy) is 2. The summed E-state index contributed by atoms with van der Waals surface area (Å²) < 4.78 is 10.4. The van der Waals surface area contributed by atoms with E-state index < -0.39 is 0 Å². The smallest absolute Gasteiger partial charge is 0.126 e. The molecule has 2 aromatic carbocycles. The maximum atomic E-state index is 9.83. The molecule has 0 amide bonds. The molecule has 0 aromatic heterocycles. The van der Waals surface area contributed by atoms with Crippen LogP contribution in [0.25, 0.3) is 0 Å². The lowest BCUT2D eigenvalue weighted by molar-refractivity contribution is 0.401. The van der Waals surface area contributed by atoms with Gasteiger partial charge in [0, 0.05) is 17.5 Å². The summed E-state index contributed by atoms with van der Waals surface area (Å²) >= 11 is 0. The largest absolute Gasteiger partial charge is 0.507 e. The van der Waals surface area contributed by atoms with Crippen LogP contribution in [0.15, 0.2) is 42.5 Å². The van der Waals surface area contributed by atoms with Gasteiger partial charge in [0.25, 0.3) is 0 Å². The highest BCUT2D eigenvalue weighted by Crippen LogP contribution is 2.27. The number of methoxy groups -OCH3 is 2. The molecule has 0 heterocycles. The molecule has 0 unspecified atom stereocenters. The minimum Gasteiger partial charge on any atom is -0.507 e. The number of phenols is 1. The maximum Gasteiger partial charge on any atom is 0.126 e. The van der Waals surface area contributed by atoms with Crippen LogP contribution in [0.4, 0.5) is 0 Å². The summed E-state index contributed by atoms with van der Waals surface area (Å²) in [5, 5.41) is 9.83. The van der Waals surface area contributed by atoms with Gasteiger partial charge in [-0.05, 0) is 30.3 Å². The van der Waals surface area contributed by atoms with Gasteiger partial charge in [-0.25, -0.2) is 0 Å². The van der Waals surface area contributed by atoms with Crippen LogP contribution in [0.1, 0.15) is 11.1 Å². The van der Waals surface area contributed by atoms with Crippen molar-refractivity contribution in [3.05, 3.63) is 53.6 Å². The molecule has 102 valence electrons. The number of rotatable bonds is 3. The minimum atomic E-state index is 0.198. The molecule has 0 saturated heterocycles. The summed E-state index contributed by atoms with van der Waals surface area (Å²) in [5.74, 6) is 7.71. The Labute approximate surface area is 118 Å². The zero-order valence-electron chi connectivity index (χ0n) is 11.5. The normalized spacial score (nSPS) is 9.50. The molecule has 0 fully saturated rings. The van der Waals surface area contributed by atoms with E-state index in [0.29, 0.717) is 17.7 Å². The Bertz CT molecular complexity index is 651. The molecular weight excluding hydrogens is 252 g/mol. The molecule has 0 saturated carbocycles. The maximum absolute atomic E-state index is 9.83. The summed E-state index contributed by atoms with van der Waals surface area (Å²) in [5.41, 5.74) is 1.57. The van der Waals surface area contributed by atoms with Gasteiger partial charge in [-0.3, -0.25) is 0 Å². The predicted octanol–water partition coefficient (Wildman–Crippen LogP) is 3.00. The average Bonchev–Trinajstić information content (AvgIpc) is 2.49. The van der Waals surface area contributed by atoms with Gasteiger partial charge < -0.3 is 14.6 Å². The van der Waals surface area contributed by atoms with Crippen molar-refractivity contribution in [1.82, 2.24) is 0 Å². The van der Waals surface area contributed by atoms with Crippen LogP contribution in [0.3, 0.4) is 0 Å². The van der Waals surface area contributed by atoms with Crippen molar-refractivity contribution < 1.29 is 14.6 Å². The Kier molecular flexibility index (Phi) is 4.52. The van der Waals surface area contributed by atoms with Crippen LogP contribution in [0.2, 0.25) is 0 Å². The van der Waals surface area contributed by atoms with E-state index in [1.165, 1.54) is 0 Å².